The van der Waals surface area contributed by atoms with Gasteiger partial charge in [-0.25, -0.2) is 9.78 Å². The van der Waals surface area contributed by atoms with Crippen molar-refractivity contribution in [3.05, 3.63) is 18.2 Å². The Morgan fingerprint density at radius 2 is 2.00 bits per heavy atom. The van der Waals surface area contributed by atoms with Gasteiger partial charge in [0.15, 0.2) is 0 Å². The zero-order valence-corrected chi connectivity index (χ0v) is 14.5. The Kier molecular flexibility index (Phi) is 6.45. The van der Waals surface area contributed by atoms with Crippen LogP contribution >= 0.6 is 0 Å². The lowest BCUT2D eigenvalue weighted by molar-refractivity contribution is 0.0490. The summed E-state index contributed by atoms with van der Waals surface area (Å²) in [6.45, 7) is 6.66. The van der Waals surface area contributed by atoms with Crippen molar-refractivity contribution in [2.45, 2.75) is 77.0 Å². The van der Waals surface area contributed by atoms with Crippen molar-refractivity contribution in [1.82, 2.24) is 20.6 Å². The zero-order chi connectivity index (χ0) is 16.7. The fourth-order valence-corrected chi connectivity index (χ4v) is 2.91. The number of H-pyrrole nitrogens is 1. The second-order valence-corrected chi connectivity index (χ2v) is 7.29. The molecule has 0 spiro atoms. The van der Waals surface area contributed by atoms with E-state index >= 15 is 0 Å². The maximum atomic E-state index is 11.8. The van der Waals surface area contributed by atoms with E-state index in [9.17, 15) is 4.79 Å². The van der Waals surface area contributed by atoms with E-state index < -0.39 is 5.60 Å². The van der Waals surface area contributed by atoms with Gasteiger partial charge in [0, 0.05) is 30.9 Å². The Balaban J connectivity index is 1.56. The minimum atomic E-state index is -0.434. The van der Waals surface area contributed by atoms with Crippen LogP contribution in [0.3, 0.4) is 0 Å². The Bertz CT molecular complexity index is 459. The molecule has 1 aromatic heterocycles. The quantitative estimate of drug-likeness (QED) is 0.704. The second-order valence-electron chi connectivity index (χ2n) is 7.29. The molecule has 1 fully saturated rings. The summed E-state index contributed by atoms with van der Waals surface area (Å²) >= 11 is 0. The van der Waals surface area contributed by atoms with E-state index in [0.717, 1.165) is 50.9 Å². The molecule has 1 saturated carbocycles. The molecule has 1 aliphatic rings. The molecule has 0 bridgehead atoms. The maximum Gasteiger partial charge on any atom is 0.407 e. The third-order valence-electron chi connectivity index (χ3n) is 4.03. The van der Waals surface area contributed by atoms with E-state index in [-0.39, 0.29) is 12.1 Å². The van der Waals surface area contributed by atoms with Crippen LogP contribution in [0.15, 0.2) is 12.4 Å². The molecular weight excluding hydrogens is 292 g/mol. The third kappa shape index (κ3) is 7.03. The van der Waals surface area contributed by atoms with Gasteiger partial charge in [0.2, 0.25) is 0 Å². The number of rotatable bonds is 6. The Hall–Kier alpha value is -1.56. The standard InChI is InChI=1S/C17H30N4O2/c1-17(2,3)23-16(22)21-14-8-6-13(7-9-14)18-10-4-5-15-19-11-12-20-15/h11-14,18H,4-10H2,1-3H3,(H,19,20)(H,21,22). The molecule has 1 aromatic rings. The van der Waals surface area contributed by atoms with Crippen molar-refractivity contribution in [3.8, 4) is 0 Å². The molecule has 1 aliphatic carbocycles. The van der Waals surface area contributed by atoms with E-state index in [1.807, 2.05) is 27.0 Å². The lowest BCUT2D eigenvalue weighted by atomic mass is 9.91. The average molecular weight is 322 g/mol. The van der Waals surface area contributed by atoms with Crippen LogP contribution in [0, 0.1) is 0 Å². The van der Waals surface area contributed by atoms with Crippen LogP contribution in [-0.2, 0) is 11.2 Å². The number of carbonyl (C=O) groups excluding carboxylic acids is 1. The molecule has 1 amide bonds. The van der Waals surface area contributed by atoms with Crippen LogP contribution in [0.25, 0.3) is 0 Å². The number of hydrogen-bond acceptors (Lipinski definition) is 4. The number of aryl methyl sites for hydroxylation is 1. The van der Waals surface area contributed by atoms with E-state index in [2.05, 4.69) is 20.6 Å². The number of aromatic amines is 1. The number of amides is 1. The van der Waals surface area contributed by atoms with Gasteiger partial charge >= 0.3 is 6.09 Å². The monoisotopic (exact) mass is 322 g/mol. The van der Waals surface area contributed by atoms with Gasteiger partial charge in [-0.1, -0.05) is 0 Å². The molecule has 0 radical (unpaired) electrons. The topological polar surface area (TPSA) is 79.0 Å². The number of ether oxygens (including phenoxy) is 1. The lowest BCUT2D eigenvalue weighted by Crippen LogP contribution is -2.44. The van der Waals surface area contributed by atoms with Crippen molar-refractivity contribution in [2.24, 2.45) is 0 Å². The van der Waals surface area contributed by atoms with Gasteiger partial charge in [-0.15, -0.1) is 0 Å². The Labute approximate surface area is 138 Å². The summed E-state index contributed by atoms with van der Waals surface area (Å²) in [6, 6.07) is 0.800. The SMILES string of the molecule is CC(C)(C)OC(=O)NC1CCC(NCCCc2ncc[nH]2)CC1. The first kappa shape index (κ1) is 17.8. The predicted octanol–water partition coefficient (Wildman–Crippen LogP) is 2.77. The molecule has 0 unspecified atom stereocenters. The predicted molar refractivity (Wildman–Crippen MR) is 90.3 cm³/mol. The fourth-order valence-electron chi connectivity index (χ4n) is 2.91. The van der Waals surface area contributed by atoms with Gasteiger partial charge in [0.25, 0.3) is 0 Å². The smallest absolute Gasteiger partial charge is 0.407 e. The van der Waals surface area contributed by atoms with Crippen LogP contribution in [0.5, 0.6) is 0 Å². The van der Waals surface area contributed by atoms with Gasteiger partial charge in [0.1, 0.15) is 11.4 Å². The fraction of sp³-hybridized carbons (Fsp3) is 0.765. The Morgan fingerprint density at radius 1 is 1.30 bits per heavy atom. The minimum Gasteiger partial charge on any atom is -0.444 e. The highest BCUT2D eigenvalue weighted by Crippen LogP contribution is 2.19. The van der Waals surface area contributed by atoms with E-state index in [4.69, 9.17) is 4.74 Å². The van der Waals surface area contributed by atoms with Crippen molar-refractivity contribution >= 4 is 6.09 Å². The maximum absolute atomic E-state index is 11.8. The molecule has 6 nitrogen and oxygen atoms in total. The third-order valence-corrected chi connectivity index (χ3v) is 4.03. The van der Waals surface area contributed by atoms with E-state index in [0.29, 0.717) is 6.04 Å². The molecule has 2 rings (SSSR count). The average Bonchev–Trinajstić information content (AvgIpc) is 2.96. The molecule has 3 N–H and O–H groups in total. The molecule has 0 atom stereocenters. The van der Waals surface area contributed by atoms with Crippen LogP contribution in [-0.4, -0.2) is 40.3 Å². The van der Waals surface area contributed by atoms with Crippen LogP contribution in [0.1, 0.15) is 58.7 Å². The summed E-state index contributed by atoms with van der Waals surface area (Å²) < 4.78 is 5.31. The number of aromatic nitrogens is 2. The van der Waals surface area contributed by atoms with Crippen LogP contribution < -0.4 is 10.6 Å². The first-order chi connectivity index (χ1) is 10.9. The second kappa shape index (κ2) is 8.34. The number of alkyl carbamates (subject to hydrolysis) is 1. The summed E-state index contributed by atoms with van der Waals surface area (Å²) in [5, 5.41) is 6.59. The van der Waals surface area contributed by atoms with Crippen molar-refractivity contribution in [1.29, 1.82) is 0 Å². The molecule has 6 heteroatoms. The normalized spacial score (nSPS) is 21.9. The van der Waals surface area contributed by atoms with Gasteiger partial charge in [0.05, 0.1) is 0 Å². The summed E-state index contributed by atoms with van der Waals surface area (Å²) in [5.74, 6) is 1.05. The van der Waals surface area contributed by atoms with Crippen molar-refractivity contribution < 1.29 is 9.53 Å². The molecule has 23 heavy (non-hydrogen) atoms. The molecule has 0 aliphatic heterocycles. The van der Waals surface area contributed by atoms with Crippen LogP contribution in [0.2, 0.25) is 0 Å². The number of nitrogens with zero attached hydrogens (tertiary/aromatic N) is 1. The molecular formula is C17H30N4O2. The molecule has 0 aromatic carbocycles. The highest BCUT2D eigenvalue weighted by atomic mass is 16.6. The van der Waals surface area contributed by atoms with E-state index in [1.54, 1.807) is 6.20 Å². The number of nitrogens with one attached hydrogen (secondary N) is 3. The number of hydrogen-bond donors (Lipinski definition) is 3. The van der Waals surface area contributed by atoms with Gasteiger partial charge < -0.3 is 20.4 Å². The zero-order valence-electron chi connectivity index (χ0n) is 14.5. The highest BCUT2D eigenvalue weighted by molar-refractivity contribution is 5.68. The van der Waals surface area contributed by atoms with E-state index in [1.165, 1.54) is 0 Å². The van der Waals surface area contributed by atoms with Gasteiger partial charge in [-0.3, -0.25) is 0 Å². The largest absolute Gasteiger partial charge is 0.444 e. The molecule has 1 heterocycles. The Morgan fingerprint density at radius 3 is 2.61 bits per heavy atom. The lowest BCUT2D eigenvalue weighted by Gasteiger charge is -2.30. The molecule has 130 valence electrons. The van der Waals surface area contributed by atoms with Crippen molar-refractivity contribution in [3.63, 3.8) is 0 Å². The number of carbonyl (C=O) groups is 1. The summed E-state index contributed by atoms with van der Waals surface area (Å²) in [4.78, 5) is 19.1. The highest BCUT2D eigenvalue weighted by Gasteiger charge is 2.24. The molecule has 0 saturated heterocycles. The first-order valence-electron chi connectivity index (χ1n) is 8.63. The summed E-state index contributed by atoms with van der Waals surface area (Å²) in [5.41, 5.74) is -0.434. The summed E-state index contributed by atoms with van der Waals surface area (Å²) in [7, 11) is 0. The number of imidazole rings is 1. The van der Waals surface area contributed by atoms with Gasteiger partial charge in [-0.2, -0.15) is 0 Å². The summed E-state index contributed by atoms with van der Waals surface area (Å²) in [6.07, 6.45) is 9.64. The first-order valence-corrected chi connectivity index (χ1v) is 8.63. The van der Waals surface area contributed by atoms with Crippen LogP contribution in [0.4, 0.5) is 4.79 Å². The van der Waals surface area contributed by atoms with Crippen molar-refractivity contribution in [2.75, 3.05) is 6.54 Å². The van der Waals surface area contributed by atoms with Gasteiger partial charge in [-0.05, 0) is 59.4 Å². The minimum absolute atomic E-state index is 0.242.